The lowest BCUT2D eigenvalue weighted by Gasteiger charge is -2.13. The van der Waals surface area contributed by atoms with Crippen LogP contribution in [0.15, 0.2) is 60.9 Å². The average molecular weight is 389 g/mol. The highest BCUT2D eigenvalue weighted by Gasteiger charge is 2.26. The van der Waals surface area contributed by atoms with Gasteiger partial charge in [-0.3, -0.25) is 4.98 Å². The van der Waals surface area contributed by atoms with Crippen molar-refractivity contribution in [2.75, 3.05) is 0 Å². The summed E-state index contributed by atoms with van der Waals surface area (Å²) in [6.07, 6.45) is 2.61. The second-order valence-corrected chi connectivity index (χ2v) is 7.25. The van der Waals surface area contributed by atoms with Gasteiger partial charge in [0.2, 0.25) is 0 Å². The smallest absolute Gasteiger partial charge is 0.354 e. The molecule has 29 heavy (non-hydrogen) atoms. The highest BCUT2D eigenvalue weighted by molar-refractivity contribution is 5.89. The lowest BCUT2D eigenvalue weighted by atomic mass is 10.0. The Hall–Kier alpha value is -3.54. The van der Waals surface area contributed by atoms with Crippen LogP contribution in [0, 0.1) is 5.82 Å². The van der Waals surface area contributed by atoms with Gasteiger partial charge in [-0.1, -0.05) is 56.3 Å². The first kappa shape index (κ1) is 18.8. The quantitative estimate of drug-likeness (QED) is 0.515. The summed E-state index contributed by atoms with van der Waals surface area (Å²) in [5, 5.41) is 12.1. The maximum absolute atomic E-state index is 13.8. The molecule has 4 rings (SSSR count). The van der Waals surface area contributed by atoms with Gasteiger partial charge in [-0.05, 0) is 28.3 Å². The molecular weight excluding hydrogens is 369 g/mol. The number of carbonyl (C=O) groups is 1. The molecule has 6 heteroatoms. The van der Waals surface area contributed by atoms with Crippen LogP contribution in [0.25, 0.3) is 22.2 Å². The first-order chi connectivity index (χ1) is 14.0. The summed E-state index contributed by atoms with van der Waals surface area (Å²) in [6, 6.07) is 15.2. The number of rotatable bonds is 5. The number of aromatic carboxylic acids is 1. The van der Waals surface area contributed by atoms with Crippen molar-refractivity contribution in [2.24, 2.45) is 0 Å². The SMILES string of the molecule is CC(C)c1nc(-c2cncc(F)c2)n(Cc2cccc3ccccc23)c1C(=O)O. The number of imidazole rings is 1. The maximum atomic E-state index is 13.8. The zero-order chi connectivity index (χ0) is 20.5. The van der Waals surface area contributed by atoms with Gasteiger partial charge in [-0.15, -0.1) is 0 Å². The predicted octanol–water partition coefficient (Wildman–Crippen LogP) is 5.11. The van der Waals surface area contributed by atoms with Crippen molar-refractivity contribution < 1.29 is 14.3 Å². The zero-order valence-electron chi connectivity index (χ0n) is 16.1. The van der Waals surface area contributed by atoms with E-state index >= 15 is 0 Å². The van der Waals surface area contributed by atoms with E-state index in [-0.39, 0.29) is 11.6 Å². The van der Waals surface area contributed by atoms with Gasteiger partial charge >= 0.3 is 5.97 Å². The number of carboxylic acids is 1. The molecule has 0 atom stereocenters. The summed E-state index contributed by atoms with van der Waals surface area (Å²) in [5.41, 5.74) is 1.99. The fraction of sp³-hybridized carbons (Fsp3) is 0.174. The molecule has 0 aliphatic heterocycles. The lowest BCUT2D eigenvalue weighted by molar-refractivity contribution is 0.0684. The monoisotopic (exact) mass is 389 g/mol. The summed E-state index contributed by atoms with van der Waals surface area (Å²) in [4.78, 5) is 20.7. The van der Waals surface area contributed by atoms with Crippen molar-refractivity contribution in [3.05, 3.63) is 83.7 Å². The Kier molecular flexibility index (Phi) is 4.84. The van der Waals surface area contributed by atoms with Crippen molar-refractivity contribution in [3.63, 3.8) is 0 Å². The zero-order valence-corrected chi connectivity index (χ0v) is 16.1. The van der Waals surface area contributed by atoms with E-state index in [0.29, 0.717) is 23.6 Å². The van der Waals surface area contributed by atoms with E-state index in [1.165, 1.54) is 12.3 Å². The number of aromatic nitrogens is 3. The summed E-state index contributed by atoms with van der Waals surface area (Å²) in [5.74, 6) is -1.26. The number of nitrogens with zero attached hydrogens (tertiary/aromatic N) is 3. The van der Waals surface area contributed by atoms with E-state index in [4.69, 9.17) is 0 Å². The molecule has 2 aromatic carbocycles. The Bertz CT molecular complexity index is 1210. The molecule has 4 aromatic rings. The van der Waals surface area contributed by atoms with Gasteiger partial charge in [0, 0.05) is 11.8 Å². The fourth-order valence-electron chi connectivity index (χ4n) is 3.61. The van der Waals surface area contributed by atoms with Crippen LogP contribution in [0.5, 0.6) is 0 Å². The number of hydrogen-bond donors (Lipinski definition) is 1. The van der Waals surface area contributed by atoms with Crippen molar-refractivity contribution in [2.45, 2.75) is 26.3 Å². The van der Waals surface area contributed by atoms with Crippen LogP contribution in [0.2, 0.25) is 0 Å². The molecule has 0 aliphatic rings. The number of carboxylic acid groups (broad SMARTS) is 1. The van der Waals surface area contributed by atoms with Crippen LogP contribution in [-0.4, -0.2) is 25.6 Å². The first-order valence-electron chi connectivity index (χ1n) is 9.37. The predicted molar refractivity (Wildman–Crippen MR) is 110 cm³/mol. The number of benzene rings is 2. The third kappa shape index (κ3) is 3.49. The van der Waals surface area contributed by atoms with Crippen LogP contribution in [-0.2, 0) is 6.54 Å². The average Bonchev–Trinajstić information content (AvgIpc) is 3.08. The fourth-order valence-corrected chi connectivity index (χ4v) is 3.61. The summed E-state index contributed by atoms with van der Waals surface area (Å²) >= 11 is 0. The second-order valence-electron chi connectivity index (χ2n) is 7.25. The second kappa shape index (κ2) is 7.47. The Morgan fingerprint density at radius 1 is 1.14 bits per heavy atom. The molecule has 0 aliphatic carbocycles. The molecule has 1 N–H and O–H groups in total. The number of halogens is 1. The standard InChI is InChI=1S/C23H20FN3O2/c1-14(2)20-21(23(28)29)27(22(26-20)17-10-18(24)12-25-11-17)13-16-8-5-7-15-6-3-4-9-19(15)16/h3-12,14H,13H2,1-2H3,(H,28,29). The Labute approximate surface area is 167 Å². The normalized spacial score (nSPS) is 11.3. The minimum atomic E-state index is -1.06. The molecule has 0 amide bonds. The molecule has 2 heterocycles. The van der Waals surface area contributed by atoms with Crippen molar-refractivity contribution in [1.29, 1.82) is 0 Å². The van der Waals surface area contributed by atoms with Gasteiger partial charge in [0.05, 0.1) is 18.4 Å². The van der Waals surface area contributed by atoms with Crippen LogP contribution in [0.1, 0.15) is 41.5 Å². The third-order valence-corrected chi connectivity index (χ3v) is 4.92. The molecule has 0 bridgehead atoms. The van der Waals surface area contributed by atoms with Crippen LogP contribution < -0.4 is 0 Å². The van der Waals surface area contributed by atoms with Crippen molar-refractivity contribution >= 4 is 16.7 Å². The van der Waals surface area contributed by atoms with Gasteiger partial charge in [0.1, 0.15) is 11.6 Å². The van der Waals surface area contributed by atoms with E-state index in [0.717, 1.165) is 22.5 Å². The Balaban J connectivity index is 1.96. The number of hydrogen-bond acceptors (Lipinski definition) is 3. The van der Waals surface area contributed by atoms with Crippen LogP contribution in [0.3, 0.4) is 0 Å². The molecule has 0 unspecified atom stereocenters. The van der Waals surface area contributed by atoms with Crippen molar-refractivity contribution in [3.8, 4) is 11.4 Å². The summed E-state index contributed by atoms with van der Waals surface area (Å²) < 4.78 is 15.5. The number of fused-ring (bicyclic) bond motifs is 1. The molecule has 146 valence electrons. The minimum absolute atomic E-state index is 0.102. The number of pyridine rings is 1. The maximum Gasteiger partial charge on any atom is 0.354 e. The molecular formula is C23H20FN3O2. The van der Waals surface area contributed by atoms with E-state index in [2.05, 4.69) is 9.97 Å². The summed E-state index contributed by atoms with van der Waals surface area (Å²) in [7, 11) is 0. The van der Waals surface area contributed by atoms with E-state index in [1.54, 1.807) is 4.57 Å². The molecule has 0 radical (unpaired) electrons. The van der Waals surface area contributed by atoms with Crippen LogP contribution >= 0.6 is 0 Å². The van der Waals surface area contributed by atoms with Gasteiger partial charge in [-0.2, -0.15) is 0 Å². The van der Waals surface area contributed by atoms with Crippen molar-refractivity contribution in [1.82, 2.24) is 14.5 Å². The molecule has 0 fully saturated rings. The van der Waals surface area contributed by atoms with Gasteiger partial charge in [-0.25, -0.2) is 14.2 Å². The first-order valence-corrected chi connectivity index (χ1v) is 9.37. The topological polar surface area (TPSA) is 68.0 Å². The Morgan fingerprint density at radius 3 is 2.62 bits per heavy atom. The Morgan fingerprint density at radius 2 is 1.90 bits per heavy atom. The lowest BCUT2D eigenvalue weighted by Crippen LogP contribution is -2.13. The minimum Gasteiger partial charge on any atom is -0.477 e. The highest BCUT2D eigenvalue weighted by atomic mass is 19.1. The van der Waals surface area contributed by atoms with E-state index in [1.807, 2.05) is 56.3 Å². The highest BCUT2D eigenvalue weighted by Crippen LogP contribution is 2.29. The van der Waals surface area contributed by atoms with Crippen LogP contribution in [0.4, 0.5) is 4.39 Å². The third-order valence-electron chi connectivity index (χ3n) is 4.92. The van der Waals surface area contributed by atoms with E-state index < -0.39 is 11.8 Å². The van der Waals surface area contributed by atoms with E-state index in [9.17, 15) is 14.3 Å². The summed E-state index contributed by atoms with van der Waals surface area (Å²) in [6.45, 7) is 4.09. The van der Waals surface area contributed by atoms with Gasteiger partial charge < -0.3 is 9.67 Å². The molecule has 0 saturated heterocycles. The molecule has 0 spiro atoms. The molecule has 0 saturated carbocycles. The van der Waals surface area contributed by atoms with Gasteiger partial charge in [0.25, 0.3) is 0 Å². The largest absolute Gasteiger partial charge is 0.477 e. The van der Waals surface area contributed by atoms with Gasteiger partial charge in [0.15, 0.2) is 5.69 Å². The molecule has 2 aromatic heterocycles. The molecule has 5 nitrogen and oxygen atoms in total.